The standard InChI is InChI=1S/C18H22IN3O5/c1-12(11-27-8-7-16(23)24)21-15-9-20-22(18(25)17(15)19)10-13-3-5-14(26-2)6-4-13/h3-6,9,12,21H,7-8,10-11H2,1-2H3,(H,23,24). The fraction of sp³-hybridized carbons (Fsp3) is 0.389. The van der Waals surface area contributed by atoms with E-state index in [-0.39, 0.29) is 24.6 Å². The number of hydrogen-bond donors (Lipinski definition) is 2. The number of carbonyl (C=O) groups is 1. The average Bonchev–Trinajstić information content (AvgIpc) is 2.65. The molecule has 0 saturated carbocycles. The second-order valence-electron chi connectivity index (χ2n) is 5.95. The van der Waals surface area contributed by atoms with Gasteiger partial charge in [-0.1, -0.05) is 12.1 Å². The average molecular weight is 487 g/mol. The summed E-state index contributed by atoms with van der Waals surface area (Å²) in [6.45, 7) is 2.74. The number of methoxy groups -OCH3 is 1. The molecule has 1 aromatic heterocycles. The van der Waals surface area contributed by atoms with E-state index in [2.05, 4.69) is 10.4 Å². The van der Waals surface area contributed by atoms with E-state index in [0.717, 1.165) is 11.3 Å². The maximum Gasteiger partial charge on any atom is 0.305 e. The normalized spacial score (nSPS) is 11.8. The van der Waals surface area contributed by atoms with Crippen molar-refractivity contribution in [1.29, 1.82) is 0 Å². The SMILES string of the molecule is COc1ccc(Cn2ncc(NC(C)COCCC(=O)O)c(I)c2=O)cc1. The lowest BCUT2D eigenvalue weighted by Gasteiger charge is -2.16. The predicted octanol–water partition coefficient (Wildman–Crippen LogP) is 2.20. The lowest BCUT2D eigenvalue weighted by Crippen LogP contribution is -2.29. The van der Waals surface area contributed by atoms with Crippen molar-refractivity contribution in [2.45, 2.75) is 25.9 Å². The van der Waals surface area contributed by atoms with Crippen LogP contribution in [0.15, 0.2) is 35.3 Å². The first-order chi connectivity index (χ1) is 12.9. The van der Waals surface area contributed by atoms with Crippen molar-refractivity contribution in [3.05, 3.63) is 49.9 Å². The van der Waals surface area contributed by atoms with Gasteiger partial charge in [-0.3, -0.25) is 9.59 Å². The Morgan fingerprint density at radius 3 is 2.70 bits per heavy atom. The van der Waals surface area contributed by atoms with E-state index in [1.165, 1.54) is 4.68 Å². The number of ether oxygens (including phenoxy) is 2. The largest absolute Gasteiger partial charge is 0.497 e. The third-order valence-electron chi connectivity index (χ3n) is 3.71. The molecule has 8 nitrogen and oxygen atoms in total. The van der Waals surface area contributed by atoms with Gasteiger partial charge in [-0.05, 0) is 47.2 Å². The highest BCUT2D eigenvalue weighted by atomic mass is 127. The third kappa shape index (κ3) is 6.51. The van der Waals surface area contributed by atoms with Crippen molar-refractivity contribution in [3.8, 4) is 5.75 Å². The molecule has 9 heteroatoms. The van der Waals surface area contributed by atoms with Crippen LogP contribution in [-0.4, -0.2) is 47.2 Å². The van der Waals surface area contributed by atoms with Crippen molar-refractivity contribution >= 4 is 34.2 Å². The number of carboxylic acids is 1. The summed E-state index contributed by atoms with van der Waals surface area (Å²) < 4.78 is 12.4. The summed E-state index contributed by atoms with van der Waals surface area (Å²) in [6.07, 6.45) is 1.58. The highest BCUT2D eigenvalue weighted by Crippen LogP contribution is 2.15. The van der Waals surface area contributed by atoms with Gasteiger partial charge in [0.05, 0.1) is 45.2 Å². The molecule has 2 N–H and O–H groups in total. The molecule has 1 unspecified atom stereocenters. The number of aliphatic carboxylic acids is 1. The molecule has 146 valence electrons. The smallest absolute Gasteiger partial charge is 0.305 e. The first-order valence-corrected chi connectivity index (χ1v) is 9.43. The third-order valence-corrected chi connectivity index (χ3v) is 4.75. The van der Waals surface area contributed by atoms with E-state index in [1.807, 2.05) is 53.8 Å². The molecule has 1 aromatic carbocycles. The van der Waals surface area contributed by atoms with Crippen LogP contribution >= 0.6 is 22.6 Å². The molecule has 1 atom stereocenters. The number of rotatable bonds is 10. The summed E-state index contributed by atoms with van der Waals surface area (Å²) in [5.41, 5.74) is 1.39. The molecule has 0 radical (unpaired) electrons. The first kappa shape index (κ1) is 21.2. The van der Waals surface area contributed by atoms with Gasteiger partial charge >= 0.3 is 5.97 Å². The number of hydrogen-bond acceptors (Lipinski definition) is 6. The molecule has 1 heterocycles. The number of nitrogens with one attached hydrogen (secondary N) is 1. The molecule has 0 fully saturated rings. The van der Waals surface area contributed by atoms with Gasteiger partial charge in [0.2, 0.25) is 0 Å². The van der Waals surface area contributed by atoms with Crippen molar-refractivity contribution < 1.29 is 19.4 Å². The van der Waals surface area contributed by atoms with Crippen LogP contribution in [0.3, 0.4) is 0 Å². The highest BCUT2D eigenvalue weighted by molar-refractivity contribution is 14.1. The number of nitrogens with zero attached hydrogens (tertiary/aromatic N) is 2. The van der Waals surface area contributed by atoms with Crippen LogP contribution in [0.1, 0.15) is 18.9 Å². The number of carboxylic acid groups (broad SMARTS) is 1. The maximum atomic E-state index is 12.6. The Morgan fingerprint density at radius 1 is 1.37 bits per heavy atom. The van der Waals surface area contributed by atoms with Crippen molar-refractivity contribution in [3.63, 3.8) is 0 Å². The summed E-state index contributed by atoms with van der Waals surface area (Å²) in [5.74, 6) is -0.137. The summed E-state index contributed by atoms with van der Waals surface area (Å²) >= 11 is 2.00. The summed E-state index contributed by atoms with van der Waals surface area (Å²) in [6, 6.07) is 7.37. The lowest BCUT2D eigenvalue weighted by molar-refractivity contribution is -0.138. The van der Waals surface area contributed by atoms with E-state index in [1.54, 1.807) is 13.3 Å². The van der Waals surface area contributed by atoms with Crippen LogP contribution in [0, 0.1) is 3.57 Å². The molecule has 0 aliphatic heterocycles. The van der Waals surface area contributed by atoms with E-state index in [4.69, 9.17) is 14.6 Å². The molecule has 0 aliphatic carbocycles. The highest BCUT2D eigenvalue weighted by Gasteiger charge is 2.12. The zero-order valence-corrected chi connectivity index (χ0v) is 17.3. The minimum absolute atomic E-state index is 0.0345. The number of aromatic nitrogens is 2. The Morgan fingerprint density at radius 2 is 2.07 bits per heavy atom. The van der Waals surface area contributed by atoms with Gasteiger partial charge < -0.3 is 19.9 Å². The van der Waals surface area contributed by atoms with Crippen molar-refractivity contribution in [2.75, 3.05) is 25.6 Å². The van der Waals surface area contributed by atoms with Gasteiger partial charge in [0, 0.05) is 6.04 Å². The molecular formula is C18H22IN3O5. The van der Waals surface area contributed by atoms with E-state index < -0.39 is 5.97 Å². The van der Waals surface area contributed by atoms with E-state index >= 15 is 0 Å². The van der Waals surface area contributed by atoms with Gasteiger partial charge in [-0.2, -0.15) is 5.10 Å². The Hall–Kier alpha value is -2.14. The second-order valence-corrected chi connectivity index (χ2v) is 7.03. The summed E-state index contributed by atoms with van der Waals surface area (Å²) in [5, 5.41) is 16.0. The van der Waals surface area contributed by atoms with Gasteiger partial charge in [-0.15, -0.1) is 0 Å². The predicted molar refractivity (Wildman–Crippen MR) is 109 cm³/mol. The van der Waals surface area contributed by atoms with E-state index in [9.17, 15) is 9.59 Å². The van der Waals surface area contributed by atoms with Crippen LogP contribution in [0.5, 0.6) is 5.75 Å². The molecule has 0 amide bonds. The van der Waals surface area contributed by atoms with Crippen molar-refractivity contribution in [2.24, 2.45) is 0 Å². The Bertz CT molecular complexity index is 823. The van der Waals surface area contributed by atoms with Crippen LogP contribution in [0.2, 0.25) is 0 Å². The fourth-order valence-corrected chi connectivity index (χ4v) is 2.88. The van der Waals surface area contributed by atoms with Gasteiger partial charge in [0.15, 0.2) is 0 Å². The lowest BCUT2D eigenvalue weighted by atomic mass is 10.2. The Labute approximate surface area is 170 Å². The number of halogens is 1. The monoisotopic (exact) mass is 487 g/mol. The molecule has 0 saturated heterocycles. The molecule has 0 bridgehead atoms. The molecule has 0 spiro atoms. The Balaban J connectivity index is 1.98. The van der Waals surface area contributed by atoms with Crippen LogP contribution in [0.25, 0.3) is 0 Å². The van der Waals surface area contributed by atoms with Gasteiger partial charge in [0.25, 0.3) is 5.56 Å². The Kier molecular flexibility index (Phi) is 8.04. The summed E-state index contributed by atoms with van der Waals surface area (Å²) in [4.78, 5) is 23.0. The summed E-state index contributed by atoms with van der Waals surface area (Å²) in [7, 11) is 1.60. The maximum absolute atomic E-state index is 12.6. The minimum atomic E-state index is -0.894. The molecule has 2 rings (SSSR count). The minimum Gasteiger partial charge on any atom is -0.497 e. The second kappa shape index (κ2) is 10.3. The molecular weight excluding hydrogens is 465 g/mol. The first-order valence-electron chi connectivity index (χ1n) is 8.35. The van der Waals surface area contributed by atoms with Crippen LogP contribution < -0.4 is 15.6 Å². The zero-order valence-electron chi connectivity index (χ0n) is 15.1. The quantitative estimate of drug-likeness (QED) is 0.391. The van der Waals surface area contributed by atoms with Gasteiger partial charge in [0.1, 0.15) is 9.32 Å². The fourth-order valence-electron chi connectivity index (χ4n) is 2.31. The number of anilines is 1. The molecule has 0 aliphatic rings. The van der Waals surface area contributed by atoms with Gasteiger partial charge in [-0.25, -0.2) is 4.68 Å². The van der Waals surface area contributed by atoms with Crippen LogP contribution in [0.4, 0.5) is 5.69 Å². The number of benzene rings is 1. The van der Waals surface area contributed by atoms with E-state index in [0.29, 0.717) is 22.4 Å². The molecule has 27 heavy (non-hydrogen) atoms. The van der Waals surface area contributed by atoms with Crippen molar-refractivity contribution in [1.82, 2.24) is 9.78 Å². The topological polar surface area (TPSA) is 103 Å². The van der Waals surface area contributed by atoms with Crippen LogP contribution in [-0.2, 0) is 16.1 Å². The zero-order chi connectivity index (χ0) is 19.8. The molecule has 2 aromatic rings.